The first-order valence-electron chi connectivity index (χ1n) is 11.5. The molecule has 4 heterocycles. The van der Waals surface area contributed by atoms with Gasteiger partial charge in [-0.05, 0) is 44.0 Å². The Balaban J connectivity index is 1.37. The van der Waals surface area contributed by atoms with Crippen LogP contribution in [0.25, 0.3) is 22.2 Å². The second-order valence-electron chi connectivity index (χ2n) is 9.13. The first-order valence-corrected chi connectivity index (χ1v) is 12.3. The van der Waals surface area contributed by atoms with Gasteiger partial charge >= 0.3 is 0 Å². The minimum atomic E-state index is -0.448. The molecule has 0 radical (unpaired) electrons. The molecular formula is C25H25Cl2FN6O2. The molecule has 188 valence electrons. The van der Waals surface area contributed by atoms with E-state index in [1.54, 1.807) is 6.20 Å². The van der Waals surface area contributed by atoms with Gasteiger partial charge in [-0.25, -0.2) is 9.37 Å². The van der Waals surface area contributed by atoms with E-state index in [2.05, 4.69) is 20.2 Å². The fourth-order valence-electron chi connectivity index (χ4n) is 4.61. The van der Waals surface area contributed by atoms with Crippen LogP contribution in [0.2, 0.25) is 10.0 Å². The van der Waals surface area contributed by atoms with Crippen LogP contribution in [0.1, 0.15) is 31.4 Å². The van der Waals surface area contributed by atoms with Gasteiger partial charge < -0.3 is 20.5 Å². The third-order valence-electron chi connectivity index (χ3n) is 6.38. The Hall–Kier alpha value is -2.98. The highest BCUT2D eigenvalue weighted by molar-refractivity contribution is 6.35. The van der Waals surface area contributed by atoms with Gasteiger partial charge in [0.15, 0.2) is 11.6 Å². The minimum Gasteiger partial charge on any atom is -0.486 e. The lowest BCUT2D eigenvalue weighted by Gasteiger charge is -2.48. The molecule has 4 aromatic rings. The Kier molecular flexibility index (Phi) is 6.74. The molecule has 1 aliphatic rings. The zero-order valence-electron chi connectivity index (χ0n) is 19.5. The number of aliphatic hydroxyl groups is 1. The summed E-state index contributed by atoms with van der Waals surface area (Å²) in [5.74, 6) is 0.387. The van der Waals surface area contributed by atoms with Crippen molar-refractivity contribution < 1.29 is 14.2 Å². The number of benzene rings is 1. The first kappa shape index (κ1) is 24.7. The maximum Gasteiger partial charge on any atom is 0.166 e. The van der Waals surface area contributed by atoms with Crippen molar-refractivity contribution in [1.29, 1.82) is 0 Å². The van der Waals surface area contributed by atoms with E-state index in [4.69, 9.17) is 38.8 Å². The van der Waals surface area contributed by atoms with E-state index < -0.39 is 17.5 Å². The quantitative estimate of drug-likeness (QED) is 0.297. The van der Waals surface area contributed by atoms with Gasteiger partial charge in [-0.3, -0.25) is 10.1 Å². The molecule has 0 aliphatic carbocycles. The maximum absolute atomic E-state index is 15.1. The van der Waals surface area contributed by atoms with Crippen molar-refractivity contribution in [2.24, 2.45) is 5.73 Å². The molecule has 0 saturated carbocycles. The van der Waals surface area contributed by atoms with Crippen LogP contribution in [0.15, 0.2) is 42.9 Å². The van der Waals surface area contributed by atoms with Crippen LogP contribution >= 0.6 is 23.2 Å². The third kappa shape index (κ3) is 4.71. The standard InChI is InChI=1S/C25H25Cl2FN6O2/c1-14(22-18(26)10-30-11-19(22)27)36-16-3-4-21-17(8-16)23(33-32-21)15-7-20(28)24(31-9-15)34-12-25(29,13-34)5-2-6-35/h3-4,7-11,14,35H,2,5-6,12-13,29H2,1H3,(H,32,33)/t14-/m1/s1. The van der Waals surface area contributed by atoms with Gasteiger partial charge in [-0.2, -0.15) is 5.10 Å². The molecule has 11 heteroatoms. The molecule has 1 aliphatic heterocycles. The van der Waals surface area contributed by atoms with Crippen LogP contribution in [0.4, 0.5) is 10.2 Å². The van der Waals surface area contributed by atoms with Crippen molar-refractivity contribution in [3.8, 4) is 17.0 Å². The van der Waals surface area contributed by atoms with Crippen LogP contribution in [-0.2, 0) is 0 Å². The number of rotatable bonds is 8. The molecule has 1 aromatic carbocycles. The third-order valence-corrected chi connectivity index (χ3v) is 6.99. The fraction of sp³-hybridized carbons (Fsp3) is 0.320. The van der Waals surface area contributed by atoms with Gasteiger partial charge in [0.05, 0.1) is 21.1 Å². The van der Waals surface area contributed by atoms with Crippen LogP contribution in [0, 0.1) is 5.82 Å². The van der Waals surface area contributed by atoms with Crippen LogP contribution in [0.3, 0.4) is 0 Å². The maximum atomic E-state index is 15.1. The highest BCUT2D eigenvalue weighted by atomic mass is 35.5. The molecule has 3 aromatic heterocycles. The molecule has 0 amide bonds. The summed E-state index contributed by atoms with van der Waals surface area (Å²) in [6.45, 7) is 2.92. The number of H-pyrrole nitrogens is 1. The van der Waals surface area contributed by atoms with Gasteiger partial charge in [0.25, 0.3) is 0 Å². The van der Waals surface area contributed by atoms with Crippen molar-refractivity contribution in [3.63, 3.8) is 0 Å². The number of hydrogen-bond acceptors (Lipinski definition) is 7. The Morgan fingerprint density at radius 2 is 1.97 bits per heavy atom. The van der Waals surface area contributed by atoms with Crippen molar-refractivity contribution >= 4 is 39.9 Å². The van der Waals surface area contributed by atoms with E-state index >= 15 is 4.39 Å². The molecule has 0 spiro atoms. The normalized spacial score (nSPS) is 15.7. The molecule has 4 N–H and O–H groups in total. The monoisotopic (exact) mass is 530 g/mol. The molecule has 0 unspecified atom stereocenters. The number of aromatic nitrogens is 4. The molecule has 8 nitrogen and oxygen atoms in total. The number of aliphatic hydroxyl groups excluding tert-OH is 1. The smallest absolute Gasteiger partial charge is 0.166 e. The number of anilines is 1. The lowest BCUT2D eigenvalue weighted by Crippen LogP contribution is -2.67. The number of ether oxygens (including phenoxy) is 1. The number of halogens is 3. The molecule has 36 heavy (non-hydrogen) atoms. The SMILES string of the molecule is C[C@@H](Oc1ccc2[nH]nc(-c3cnc(N4CC(N)(CCCO)C4)c(F)c3)c2c1)c1c(Cl)cncc1Cl. The van der Waals surface area contributed by atoms with Crippen molar-refractivity contribution in [2.45, 2.75) is 31.4 Å². The second kappa shape index (κ2) is 9.82. The predicted molar refractivity (Wildman–Crippen MR) is 138 cm³/mol. The van der Waals surface area contributed by atoms with E-state index in [0.29, 0.717) is 58.5 Å². The Morgan fingerprint density at radius 1 is 1.22 bits per heavy atom. The zero-order chi connectivity index (χ0) is 25.4. The van der Waals surface area contributed by atoms with Crippen LogP contribution in [-0.4, -0.2) is 50.5 Å². The lowest BCUT2D eigenvalue weighted by atomic mass is 9.86. The summed E-state index contributed by atoms with van der Waals surface area (Å²) in [5.41, 5.74) is 8.38. The van der Waals surface area contributed by atoms with Crippen LogP contribution in [0.5, 0.6) is 5.75 Å². The lowest BCUT2D eigenvalue weighted by molar-refractivity contribution is 0.227. The van der Waals surface area contributed by atoms with Gasteiger partial charge in [-0.15, -0.1) is 0 Å². The molecule has 1 atom stereocenters. The second-order valence-corrected chi connectivity index (χ2v) is 9.95. The first-order chi connectivity index (χ1) is 17.3. The van der Waals surface area contributed by atoms with E-state index in [-0.39, 0.29) is 12.4 Å². The minimum absolute atomic E-state index is 0.0920. The number of fused-ring (bicyclic) bond motifs is 1. The summed E-state index contributed by atoms with van der Waals surface area (Å²) < 4.78 is 21.2. The number of nitrogens with one attached hydrogen (secondary N) is 1. The Labute approximate surface area is 217 Å². The zero-order valence-corrected chi connectivity index (χ0v) is 21.0. The van der Waals surface area contributed by atoms with Crippen molar-refractivity contribution in [3.05, 3.63) is 64.3 Å². The Bertz CT molecular complexity index is 1390. The Morgan fingerprint density at radius 3 is 2.67 bits per heavy atom. The van der Waals surface area contributed by atoms with Gasteiger partial charge in [0.1, 0.15) is 17.5 Å². The molecule has 5 rings (SSSR count). The van der Waals surface area contributed by atoms with E-state index in [9.17, 15) is 0 Å². The molecule has 1 fully saturated rings. The number of nitrogens with two attached hydrogens (primary N) is 1. The fourth-order valence-corrected chi connectivity index (χ4v) is 5.28. The summed E-state index contributed by atoms with van der Waals surface area (Å²) in [6, 6.07) is 6.91. The van der Waals surface area contributed by atoms with Crippen molar-refractivity contribution in [2.75, 3.05) is 24.6 Å². The summed E-state index contributed by atoms with van der Waals surface area (Å²) in [7, 11) is 0. The van der Waals surface area contributed by atoms with Gasteiger partial charge in [-0.1, -0.05) is 23.2 Å². The van der Waals surface area contributed by atoms with E-state index in [1.165, 1.54) is 18.5 Å². The average molecular weight is 531 g/mol. The molecule has 0 bridgehead atoms. The van der Waals surface area contributed by atoms with Crippen molar-refractivity contribution in [1.82, 2.24) is 20.2 Å². The predicted octanol–water partition coefficient (Wildman–Crippen LogP) is 4.90. The summed E-state index contributed by atoms with van der Waals surface area (Å²) in [6.07, 6.45) is 5.52. The number of nitrogens with zero attached hydrogens (tertiary/aromatic N) is 4. The van der Waals surface area contributed by atoms with E-state index in [0.717, 1.165) is 10.9 Å². The summed E-state index contributed by atoms with van der Waals surface area (Å²) >= 11 is 12.5. The van der Waals surface area contributed by atoms with Crippen LogP contribution < -0.4 is 15.4 Å². The number of aromatic amines is 1. The summed E-state index contributed by atoms with van der Waals surface area (Å²) in [5, 5.41) is 18.0. The number of pyridine rings is 2. The highest BCUT2D eigenvalue weighted by Crippen LogP contribution is 2.36. The largest absolute Gasteiger partial charge is 0.486 e. The summed E-state index contributed by atoms with van der Waals surface area (Å²) in [4.78, 5) is 10.2. The average Bonchev–Trinajstić information content (AvgIpc) is 3.24. The topological polar surface area (TPSA) is 113 Å². The van der Waals surface area contributed by atoms with E-state index in [1.807, 2.05) is 30.0 Å². The highest BCUT2D eigenvalue weighted by Gasteiger charge is 2.40. The van der Waals surface area contributed by atoms with Gasteiger partial charge in [0.2, 0.25) is 0 Å². The molecular weight excluding hydrogens is 506 g/mol. The molecule has 1 saturated heterocycles. The number of hydrogen-bond donors (Lipinski definition) is 3. The van der Waals surface area contributed by atoms with Gasteiger partial charge in [0, 0.05) is 54.8 Å².